The maximum atomic E-state index is 13.8. The highest BCUT2D eigenvalue weighted by molar-refractivity contribution is 5.95. The second-order valence-corrected chi connectivity index (χ2v) is 5.34. The number of rotatable bonds is 3. The Balaban J connectivity index is 1.79. The number of pyridine rings is 1. The van der Waals surface area contributed by atoms with Crippen molar-refractivity contribution in [2.75, 3.05) is 18.0 Å². The molecular weight excluding hydrogens is 271 g/mol. The molecule has 0 N–H and O–H groups in total. The van der Waals surface area contributed by atoms with Crippen LogP contribution < -0.4 is 4.90 Å². The molecule has 1 aliphatic rings. The molecule has 1 aliphatic heterocycles. The summed E-state index contributed by atoms with van der Waals surface area (Å²) in [6, 6.07) is 1.66. The third-order valence-electron chi connectivity index (χ3n) is 3.93. The van der Waals surface area contributed by atoms with Gasteiger partial charge in [0.1, 0.15) is 0 Å². The molecule has 0 bridgehead atoms. The average Bonchev–Trinajstić information content (AvgIpc) is 2.93. The van der Waals surface area contributed by atoms with Crippen LogP contribution in [0.15, 0.2) is 30.9 Å². The lowest BCUT2D eigenvalue weighted by molar-refractivity contribution is 0.0893. The minimum Gasteiger partial charge on any atom is -0.368 e. The van der Waals surface area contributed by atoms with Crippen LogP contribution in [0.5, 0.6) is 0 Å². The summed E-state index contributed by atoms with van der Waals surface area (Å²) in [5.74, 6) is 0.00807. The van der Waals surface area contributed by atoms with Crippen LogP contribution in [0.3, 0.4) is 0 Å². The zero-order valence-electron chi connectivity index (χ0n) is 11.9. The monoisotopic (exact) mass is 288 g/mol. The summed E-state index contributed by atoms with van der Waals surface area (Å²) in [7, 11) is 1.81. The molecule has 0 aromatic carbocycles. The van der Waals surface area contributed by atoms with Crippen molar-refractivity contribution in [1.82, 2.24) is 14.5 Å². The second kappa shape index (κ2) is 5.63. The van der Waals surface area contributed by atoms with E-state index < -0.39 is 0 Å². The number of aromatic nitrogens is 3. The summed E-state index contributed by atoms with van der Waals surface area (Å²) < 4.78 is 15.6. The Morgan fingerprint density at radius 1 is 1.43 bits per heavy atom. The molecule has 1 fully saturated rings. The fourth-order valence-electron chi connectivity index (χ4n) is 2.82. The molecule has 2 aromatic heterocycles. The maximum absolute atomic E-state index is 13.8. The van der Waals surface area contributed by atoms with E-state index in [4.69, 9.17) is 0 Å². The van der Waals surface area contributed by atoms with E-state index in [9.17, 15) is 9.18 Å². The Labute approximate surface area is 122 Å². The zero-order chi connectivity index (χ0) is 14.8. The number of nitrogens with zero attached hydrogens (tertiary/aromatic N) is 4. The van der Waals surface area contributed by atoms with E-state index in [-0.39, 0.29) is 17.5 Å². The van der Waals surface area contributed by atoms with Gasteiger partial charge in [-0.1, -0.05) is 0 Å². The number of aryl methyl sites for hydroxylation is 1. The van der Waals surface area contributed by atoms with Crippen molar-refractivity contribution >= 4 is 11.5 Å². The summed E-state index contributed by atoms with van der Waals surface area (Å²) >= 11 is 0. The summed E-state index contributed by atoms with van der Waals surface area (Å²) in [6.07, 6.45) is 7.84. The van der Waals surface area contributed by atoms with Gasteiger partial charge in [0.25, 0.3) is 0 Å². The van der Waals surface area contributed by atoms with Crippen molar-refractivity contribution in [3.8, 4) is 0 Å². The smallest absolute Gasteiger partial charge is 0.203 e. The lowest BCUT2D eigenvalue weighted by Gasteiger charge is -2.33. The molecular formula is C15H17FN4O. The molecule has 1 saturated heterocycles. The van der Waals surface area contributed by atoms with Gasteiger partial charge in [-0.2, -0.15) is 0 Å². The summed E-state index contributed by atoms with van der Waals surface area (Å²) in [4.78, 5) is 22.3. The molecule has 0 amide bonds. The highest BCUT2D eigenvalue weighted by Gasteiger charge is 2.29. The van der Waals surface area contributed by atoms with Crippen molar-refractivity contribution in [3.63, 3.8) is 0 Å². The highest BCUT2D eigenvalue weighted by atomic mass is 19.1. The molecule has 1 atom stereocenters. The van der Waals surface area contributed by atoms with Crippen LogP contribution in [0, 0.1) is 11.7 Å². The van der Waals surface area contributed by atoms with Gasteiger partial charge in [0.05, 0.1) is 11.9 Å². The molecule has 0 aliphatic carbocycles. The normalized spacial score (nSPS) is 18.8. The van der Waals surface area contributed by atoms with E-state index in [2.05, 4.69) is 9.97 Å². The van der Waals surface area contributed by atoms with Crippen molar-refractivity contribution in [2.45, 2.75) is 12.8 Å². The molecule has 2 aromatic rings. The van der Waals surface area contributed by atoms with Gasteiger partial charge >= 0.3 is 0 Å². The molecule has 0 spiro atoms. The van der Waals surface area contributed by atoms with Crippen LogP contribution in [0.4, 0.5) is 10.1 Å². The number of halogens is 1. The first kappa shape index (κ1) is 13.7. The number of hydrogen-bond donors (Lipinski definition) is 0. The van der Waals surface area contributed by atoms with Gasteiger partial charge in [-0.15, -0.1) is 0 Å². The first-order valence-corrected chi connectivity index (χ1v) is 7.03. The first-order chi connectivity index (χ1) is 10.2. The Kier molecular flexibility index (Phi) is 3.68. The van der Waals surface area contributed by atoms with Crippen molar-refractivity contribution in [1.29, 1.82) is 0 Å². The topological polar surface area (TPSA) is 51.0 Å². The van der Waals surface area contributed by atoms with E-state index in [0.29, 0.717) is 18.1 Å². The fraction of sp³-hybridized carbons (Fsp3) is 0.400. The summed E-state index contributed by atoms with van der Waals surface area (Å²) in [6.45, 7) is 1.28. The molecule has 0 radical (unpaired) electrons. The number of imidazole rings is 1. The van der Waals surface area contributed by atoms with Crippen LogP contribution in [0.2, 0.25) is 0 Å². The van der Waals surface area contributed by atoms with E-state index in [1.807, 2.05) is 11.9 Å². The van der Waals surface area contributed by atoms with Crippen molar-refractivity contribution in [2.24, 2.45) is 13.0 Å². The lowest BCUT2D eigenvalue weighted by Crippen LogP contribution is -2.39. The number of anilines is 1. The Hall–Kier alpha value is -2.24. The molecule has 0 unspecified atom stereocenters. The van der Waals surface area contributed by atoms with E-state index in [1.165, 1.54) is 6.20 Å². The number of Topliss-reactive ketones (excluding diaryl/α,β-unsaturated/α-hetero) is 1. The fourth-order valence-corrected chi connectivity index (χ4v) is 2.82. The van der Waals surface area contributed by atoms with Gasteiger partial charge in [0, 0.05) is 44.6 Å². The predicted molar refractivity (Wildman–Crippen MR) is 76.7 cm³/mol. The molecule has 3 rings (SSSR count). The van der Waals surface area contributed by atoms with E-state index >= 15 is 0 Å². The van der Waals surface area contributed by atoms with Gasteiger partial charge < -0.3 is 9.47 Å². The standard InChI is InChI=1S/C15H17FN4O/c1-19-8-6-18-15(19)14(21)11-3-2-7-20(10-11)13-4-5-17-9-12(13)16/h4-6,8-9,11H,2-3,7,10H2,1H3/t11-/m1/s1. The molecule has 21 heavy (non-hydrogen) atoms. The van der Waals surface area contributed by atoms with Gasteiger partial charge in [0.2, 0.25) is 5.78 Å². The average molecular weight is 288 g/mol. The number of piperidine rings is 1. The number of ketones is 1. The van der Waals surface area contributed by atoms with E-state index in [0.717, 1.165) is 19.4 Å². The summed E-state index contributed by atoms with van der Waals surface area (Å²) in [5.41, 5.74) is 0.516. The van der Waals surface area contributed by atoms with Crippen LogP contribution in [-0.2, 0) is 7.05 Å². The molecule has 0 saturated carbocycles. The Morgan fingerprint density at radius 3 is 3.00 bits per heavy atom. The van der Waals surface area contributed by atoms with Crippen LogP contribution in [0.25, 0.3) is 0 Å². The summed E-state index contributed by atoms with van der Waals surface area (Å²) in [5, 5.41) is 0. The maximum Gasteiger partial charge on any atom is 0.203 e. The Bertz CT molecular complexity index is 655. The van der Waals surface area contributed by atoms with Crippen LogP contribution in [0.1, 0.15) is 23.5 Å². The van der Waals surface area contributed by atoms with Crippen LogP contribution >= 0.6 is 0 Å². The van der Waals surface area contributed by atoms with Gasteiger partial charge in [-0.25, -0.2) is 9.37 Å². The predicted octanol–water partition coefficient (Wildman–Crippen LogP) is 2.05. The van der Waals surface area contributed by atoms with Crippen LogP contribution in [-0.4, -0.2) is 33.4 Å². The largest absolute Gasteiger partial charge is 0.368 e. The highest BCUT2D eigenvalue weighted by Crippen LogP contribution is 2.26. The third-order valence-corrected chi connectivity index (χ3v) is 3.93. The lowest BCUT2D eigenvalue weighted by atomic mass is 9.93. The molecule has 110 valence electrons. The van der Waals surface area contributed by atoms with E-state index in [1.54, 1.807) is 29.2 Å². The van der Waals surface area contributed by atoms with Crippen molar-refractivity contribution < 1.29 is 9.18 Å². The number of carbonyl (C=O) groups excluding carboxylic acids is 1. The molecule has 5 nitrogen and oxygen atoms in total. The van der Waals surface area contributed by atoms with Gasteiger partial charge in [-0.05, 0) is 18.9 Å². The Morgan fingerprint density at radius 2 is 2.29 bits per heavy atom. The first-order valence-electron chi connectivity index (χ1n) is 7.03. The molecule has 6 heteroatoms. The van der Waals surface area contributed by atoms with Crippen molar-refractivity contribution in [3.05, 3.63) is 42.5 Å². The number of carbonyl (C=O) groups is 1. The quantitative estimate of drug-likeness (QED) is 0.811. The minimum atomic E-state index is -0.345. The molecule has 3 heterocycles. The second-order valence-electron chi connectivity index (χ2n) is 5.34. The third kappa shape index (κ3) is 2.66. The van der Waals surface area contributed by atoms with Gasteiger partial charge in [0.15, 0.2) is 11.6 Å². The minimum absolute atomic E-state index is 0.0293. The number of hydrogen-bond acceptors (Lipinski definition) is 4. The van der Waals surface area contributed by atoms with Gasteiger partial charge in [-0.3, -0.25) is 9.78 Å². The zero-order valence-corrected chi connectivity index (χ0v) is 11.9. The SMILES string of the molecule is Cn1ccnc1C(=O)[C@@H]1CCCN(c2ccncc2F)C1.